The monoisotopic (exact) mass is 661 g/mol. The van der Waals surface area contributed by atoms with Crippen molar-refractivity contribution in [1.29, 1.82) is 0 Å². The number of fused-ring (bicyclic) bond motifs is 7. The van der Waals surface area contributed by atoms with Gasteiger partial charge in [0.25, 0.3) is 0 Å². The van der Waals surface area contributed by atoms with Gasteiger partial charge in [-0.3, -0.25) is 0 Å². The van der Waals surface area contributed by atoms with E-state index in [2.05, 4.69) is 60.0 Å². The average Bonchev–Trinajstić information content (AvgIpc) is 3.38. The molecule has 0 aromatic heterocycles. The van der Waals surface area contributed by atoms with Crippen molar-refractivity contribution in [1.82, 2.24) is 4.90 Å². The molecule has 5 fully saturated rings. The highest BCUT2D eigenvalue weighted by atomic mass is 16.6. The van der Waals surface area contributed by atoms with Crippen molar-refractivity contribution in [2.24, 2.45) is 56.7 Å². The lowest BCUT2D eigenvalue weighted by atomic mass is 9.32. The maximum atomic E-state index is 12.8. The molecule has 1 heterocycles. The second-order valence-corrected chi connectivity index (χ2v) is 19.4. The molecule has 0 radical (unpaired) electrons. The van der Waals surface area contributed by atoms with E-state index in [0.29, 0.717) is 48.1 Å². The second-order valence-electron chi connectivity index (χ2n) is 19.4. The van der Waals surface area contributed by atoms with E-state index in [1.807, 2.05) is 20.8 Å². The van der Waals surface area contributed by atoms with Gasteiger partial charge in [-0.05, 0) is 150 Å². The molecule has 0 spiro atoms. The summed E-state index contributed by atoms with van der Waals surface area (Å²) in [7, 11) is 0. The average molecular weight is 662 g/mol. The number of aliphatic hydroxyl groups excluding tert-OH is 1. The summed E-state index contributed by atoms with van der Waals surface area (Å²) >= 11 is 0. The Morgan fingerprint density at radius 1 is 0.917 bits per heavy atom. The molecule has 0 bridgehead atoms. The Balaban J connectivity index is 1.33. The first-order valence-electron chi connectivity index (χ1n) is 19.0. The quantitative estimate of drug-likeness (QED) is 0.228. The summed E-state index contributed by atoms with van der Waals surface area (Å²) in [5.74, 6) is 8.95. The van der Waals surface area contributed by atoms with Crippen LogP contribution in [-0.4, -0.2) is 52.0 Å². The maximum Gasteiger partial charge on any atom is 0.410 e. The van der Waals surface area contributed by atoms with Crippen LogP contribution in [0.4, 0.5) is 4.79 Å². The van der Waals surface area contributed by atoms with Crippen LogP contribution in [0.15, 0.2) is 23.3 Å². The molecule has 1 amide bonds. The van der Waals surface area contributed by atoms with Gasteiger partial charge in [0.15, 0.2) is 0 Å². The van der Waals surface area contributed by atoms with E-state index >= 15 is 0 Å². The maximum absolute atomic E-state index is 12.8. The predicted octanol–water partition coefficient (Wildman–Crippen LogP) is 9.03. The minimum Gasteiger partial charge on any atom is -0.478 e. The van der Waals surface area contributed by atoms with Gasteiger partial charge in [-0.25, -0.2) is 9.59 Å². The van der Waals surface area contributed by atoms with Crippen LogP contribution in [0.5, 0.6) is 0 Å². The molecule has 6 heteroatoms. The Bertz CT molecular complexity index is 1460. The van der Waals surface area contributed by atoms with Crippen LogP contribution in [-0.2, 0) is 9.53 Å². The molecular weight excluding hydrogens is 598 g/mol. The molecule has 5 aliphatic carbocycles. The highest BCUT2D eigenvalue weighted by molar-refractivity contribution is 5.90. The van der Waals surface area contributed by atoms with Crippen LogP contribution >= 0.6 is 0 Å². The molecule has 1 aliphatic heterocycles. The third-order valence-electron chi connectivity index (χ3n) is 15.8. The molecule has 6 aliphatic rings. The number of hydrogen-bond acceptors (Lipinski definition) is 4. The summed E-state index contributed by atoms with van der Waals surface area (Å²) in [6.07, 6.45) is 11.0. The van der Waals surface area contributed by atoms with Crippen molar-refractivity contribution >= 4 is 12.1 Å². The number of rotatable bonds is 2. The van der Waals surface area contributed by atoms with Crippen molar-refractivity contribution in [2.75, 3.05) is 13.1 Å². The van der Waals surface area contributed by atoms with Crippen molar-refractivity contribution < 1.29 is 24.5 Å². The van der Waals surface area contributed by atoms with Gasteiger partial charge in [0.2, 0.25) is 0 Å². The van der Waals surface area contributed by atoms with Gasteiger partial charge >= 0.3 is 12.1 Å². The Morgan fingerprint density at radius 2 is 1.62 bits per heavy atom. The van der Waals surface area contributed by atoms with Crippen molar-refractivity contribution in [3.63, 3.8) is 0 Å². The van der Waals surface area contributed by atoms with Crippen LogP contribution < -0.4 is 0 Å². The van der Waals surface area contributed by atoms with E-state index in [0.717, 1.165) is 38.5 Å². The zero-order valence-corrected chi connectivity index (χ0v) is 31.4. The van der Waals surface area contributed by atoms with Crippen LogP contribution in [0.25, 0.3) is 0 Å². The van der Waals surface area contributed by atoms with Gasteiger partial charge in [-0.1, -0.05) is 58.6 Å². The molecular formula is C42H63NO5. The lowest BCUT2D eigenvalue weighted by Gasteiger charge is -2.72. The first-order chi connectivity index (χ1) is 22.2. The van der Waals surface area contributed by atoms with Gasteiger partial charge in [0.05, 0.1) is 18.2 Å². The fourth-order valence-corrected chi connectivity index (χ4v) is 13.1. The fourth-order valence-electron chi connectivity index (χ4n) is 13.1. The molecule has 0 aromatic carbocycles. The molecule has 266 valence electrons. The molecule has 0 saturated heterocycles. The number of carboxylic acid groups (broad SMARTS) is 1. The first kappa shape index (κ1) is 35.6. The molecule has 5 unspecified atom stereocenters. The number of amides is 1. The Morgan fingerprint density at radius 3 is 2.27 bits per heavy atom. The van der Waals surface area contributed by atoms with Crippen LogP contribution in [0.3, 0.4) is 0 Å². The summed E-state index contributed by atoms with van der Waals surface area (Å²) in [4.78, 5) is 26.8. The van der Waals surface area contributed by atoms with Crippen LogP contribution in [0, 0.1) is 68.5 Å². The molecule has 48 heavy (non-hydrogen) atoms. The van der Waals surface area contributed by atoms with Gasteiger partial charge in [0.1, 0.15) is 5.60 Å². The fraction of sp³-hybridized carbons (Fsp3) is 0.810. The SMILES string of the molecule is C=C(C)C1CC[C@]2(C#CC3=C(C(=O)O)CN(C(=O)OC(C)(C)C)CC3)CC[C@]3(C)C(CCC4[C@@]5(C)CC[C@H](O)C(C)(C)C5CC[C@]43C)C12. The van der Waals surface area contributed by atoms with E-state index < -0.39 is 17.7 Å². The first-order valence-corrected chi connectivity index (χ1v) is 19.0. The number of allylic oxidation sites excluding steroid dienone is 1. The Kier molecular flexibility index (Phi) is 8.63. The highest BCUT2D eigenvalue weighted by Crippen LogP contribution is 2.77. The predicted molar refractivity (Wildman–Crippen MR) is 190 cm³/mol. The Labute approximate surface area is 290 Å². The number of aliphatic carboxylic acids is 1. The zero-order valence-electron chi connectivity index (χ0n) is 31.4. The normalized spacial score (nSPS) is 43.5. The topological polar surface area (TPSA) is 87.1 Å². The van der Waals surface area contributed by atoms with Gasteiger partial charge in [-0.2, -0.15) is 0 Å². The number of carbonyl (C=O) groups is 2. The molecule has 0 aromatic rings. The largest absolute Gasteiger partial charge is 0.478 e. The molecule has 6 rings (SSSR count). The summed E-state index contributed by atoms with van der Waals surface area (Å²) < 4.78 is 5.56. The van der Waals surface area contributed by atoms with Crippen LogP contribution in [0.2, 0.25) is 0 Å². The molecule has 6 nitrogen and oxygen atoms in total. The standard InChI is InChI=1S/C42H63NO5/c1-26(2)28-14-21-42(20-13-27-17-24-43(25-29(27)35(45)46)36(47)48-37(3,4)5)23-22-40(9)30(34(28)42)11-12-32-39(8)18-16-33(44)38(6,7)31(39)15-19-41(32,40)10/h28,30-34,44H,1,11-12,14-19,21-25H2,2-10H3,(H,45,46)/t28?,30?,31?,32?,33-,34?,39-,40+,41+,42+/m0/s1. The van der Waals surface area contributed by atoms with Crippen molar-refractivity contribution in [3.05, 3.63) is 23.3 Å². The van der Waals surface area contributed by atoms with E-state index in [1.165, 1.54) is 36.2 Å². The smallest absolute Gasteiger partial charge is 0.410 e. The molecule has 2 N–H and O–H groups in total. The number of ether oxygens (including phenoxy) is 1. The number of carboxylic acids is 1. The summed E-state index contributed by atoms with van der Waals surface area (Å²) in [6.45, 7) is 25.2. The van der Waals surface area contributed by atoms with E-state index in [1.54, 1.807) is 0 Å². The Hall–Kier alpha value is -2.26. The van der Waals surface area contributed by atoms with Gasteiger partial charge in [0, 0.05) is 17.5 Å². The number of carbonyl (C=O) groups excluding carboxylic acids is 1. The van der Waals surface area contributed by atoms with E-state index in [4.69, 9.17) is 4.74 Å². The van der Waals surface area contributed by atoms with E-state index in [-0.39, 0.29) is 45.3 Å². The second kappa shape index (κ2) is 11.6. The summed E-state index contributed by atoms with van der Waals surface area (Å²) in [5.41, 5.74) is 2.01. The minimum absolute atomic E-state index is 0.0209. The van der Waals surface area contributed by atoms with Gasteiger partial charge in [-0.15, -0.1) is 0 Å². The zero-order chi connectivity index (χ0) is 35.2. The minimum atomic E-state index is -1.00. The van der Waals surface area contributed by atoms with Gasteiger partial charge < -0.3 is 19.8 Å². The third kappa shape index (κ3) is 5.30. The lowest BCUT2D eigenvalue weighted by molar-refractivity contribution is -0.244. The molecule has 5 saturated carbocycles. The van der Waals surface area contributed by atoms with Crippen molar-refractivity contribution in [3.8, 4) is 11.8 Å². The number of hydrogen-bond donors (Lipinski definition) is 2. The summed E-state index contributed by atoms with van der Waals surface area (Å²) in [5, 5.41) is 21.3. The highest BCUT2D eigenvalue weighted by Gasteiger charge is 2.70. The van der Waals surface area contributed by atoms with E-state index in [9.17, 15) is 19.8 Å². The summed E-state index contributed by atoms with van der Waals surface area (Å²) in [6, 6.07) is 0. The number of aliphatic hydroxyl groups is 1. The third-order valence-corrected chi connectivity index (χ3v) is 15.8. The lowest BCUT2D eigenvalue weighted by Crippen LogP contribution is -2.66. The van der Waals surface area contributed by atoms with Crippen LogP contribution in [0.1, 0.15) is 133 Å². The van der Waals surface area contributed by atoms with Crippen molar-refractivity contribution in [2.45, 2.75) is 145 Å². The number of nitrogens with zero attached hydrogens (tertiary/aromatic N) is 1. The molecule has 10 atom stereocenters.